The van der Waals surface area contributed by atoms with Gasteiger partial charge in [-0.1, -0.05) is 0 Å². The Morgan fingerprint density at radius 1 is 1.29 bits per heavy atom. The lowest BCUT2D eigenvalue weighted by Crippen LogP contribution is -2.34. The molecule has 0 aromatic carbocycles. The third-order valence-electron chi connectivity index (χ3n) is 5.45. The van der Waals surface area contributed by atoms with Gasteiger partial charge in [-0.05, 0) is 33.6 Å². The minimum Gasteiger partial charge on any atom is -0.389 e. The van der Waals surface area contributed by atoms with Crippen molar-refractivity contribution in [1.82, 2.24) is 9.78 Å². The summed E-state index contributed by atoms with van der Waals surface area (Å²) in [5.74, 6) is -3.90. The summed E-state index contributed by atoms with van der Waals surface area (Å²) in [7, 11) is 0. The van der Waals surface area contributed by atoms with Gasteiger partial charge in [0.25, 0.3) is 0 Å². The van der Waals surface area contributed by atoms with Crippen LogP contribution >= 0.6 is 0 Å². The minimum absolute atomic E-state index is 0.0447. The predicted molar refractivity (Wildman–Crippen MR) is 91.2 cm³/mol. The van der Waals surface area contributed by atoms with Crippen LogP contribution < -0.4 is 5.32 Å². The van der Waals surface area contributed by atoms with Crippen LogP contribution in [0.25, 0.3) is 0 Å². The Balaban J connectivity index is 1.82. The van der Waals surface area contributed by atoms with Crippen molar-refractivity contribution in [3.8, 4) is 0 Å². The molecule has 2 aliphatic carbocycles. The number of carbonyl (C=O) groups is 1. The Bertz CT molecular complexity index is 767. The number of aromatic nitrogens is 2. The quantitative estimate of drug-likeness (QED) is 0.694. The first kappa shape index (κ1) is 21.0. The lowest BCUT2D eigenvalue weighted by molar-refractivity contribution is -0.189. The first-order chi connectivity index (χ1) is 12.6. The summed E-state index contributed by atoms with van der Waals surface area (Å²) in [5.41, 5.74) is -2.38. The van der Waals surface area contributed by atoms with Crippen LogP contribution in [0.5, 0.6) is 0 Å². The van der Waals surface area contributed by atoms with E-state index >= 15 is 0 Å². The highest BCUT2D eigenvalue weighted by molar-refractivity contribution is 5.91. The van der Waals surface area contributed by atoms with Gasteiger partial charge in [0.1, 0.15) is 5.82 Å². The summed E-state index contributed by atoms with van der Waals surface area (Å²) in [6.45, 7) is 4.56. The van der Waals surface area contributed by atoms with E-state index in [-0.39, 0.29) is 38.0 Å². The fourth-order valence-electron chi connectivity index (χ4n) is 3.65. The maximum Gasteiger partial charge on any atom is 0.395 e. The molecular formula is C18H24F5N3O2. The molecule has 158 valence electrons. The van der Waals surface area contributed by atoms with Crippen LogP contribution in [0.3, 0.4) is 0 Å². The maximum absolute atomic E-state index is 13.2. The van der Waals surface area contributed by atoms with Crippen molar-refractivity contribution >= 4 is 11.7 Å². The highest BCUT2D eigenvalue weighted by Crippen LogP contribution is 2.60. The number of hydrogen-bond donors (Lipinski definition) is 2. The molecule has 2 aliphatic rings. The van der Waals surface area contributed by atoms with Gasteiger partial charge in [0, 0.05) is 30.7 Å². The van der Waals surface area contributed by atoms with Gasteiger partial charge in [-0.25, -0.2) is 13.5 Å². The Morgan fingerprint density at radius 3 is 2.29 bits per heavy atom. The van der Waals surface area contributed by atoms with Crippen LogP contribution in [0, 0.1) is 12.3 Å². The summed E-state index contributed by atoms with van der Waals surface area (Å²) in [4.78, 5) is 12.3. The Kier molecular flexibility index (Phi) is 4.80. The number of alkyl halides is 5. The minimum atomic E-state index is -4.45. The van der Waals surface area contributed by atoms with Crippen molar-refractivity contribution < 1.29 is 31.9 Å². The zero-order chi connectivity index (χ0) is 21.1. The van der Waals surface area contributed by atoms with E-state index < -0.39 is 41.4 Å². The molecule has 1 heterocycles. The zero-order valence-corrected chi connectivity index (χ0v) is 16.0. The molecule has 0 bridgehead atoms. The average Bonchev–Trinajstić information content (AvgIpc) is 3.19. The molecule has 1 aromatic heterocycles. The van der Waals surface area contributed by atoms with Crippen LogP contribution in [-0.4, -0.2) is 38.5 Å². The van der Waals surface area contributed by atoms with Gasteiger partial charge in [0.05, 0.1) is 23.3 Å². The fraction of sp³-hybridized carbons (Fsp3) is 0.778. The molecule has 0 radical (unpaired) electrons. The lowest BCUT2D eigenvalue weighted by Gasteiger charge is -2.34. The zero-order valence-electron chi connectivity index (χ0n) is 16.0. The van der Waals surface area contributed by atoms with E-state index in [0.717, 1.165) is 0 Å². The van der Waals surface area contributed by atoms with Crippen molar-refractivity contribution in [3.63, 3.8) is 0 Å². The molecule has 1 amide bonds. The normalized spacial score (nSPS) is 21.3. The molecule has 0 unspecified atom stereocenters. The number of nitrogens with zero attached hydrogens (tertiary/aromatic N) is 2. The number of halogens is 5. The fourth-order valence-corrected chi connectivity index (χ4v) is 3.65. The van der Waals surface area contributed by atoms with E-state index in [4.69, 9.17) is 0 Å². The summed E-state index contributed by atoms with van der Waals surface area (Å²) in [6, 6.07) is 0. The number of carbonyl (C=O) groups excluding carboxylic acids is 1. The number of aliphatic hydroxyl groups is 1. The average molecular weight is 409 g/mol. The van der Waals surface area contributed by atoms with E-state index in [1.54, 1.807) is 6.92 Å². The van der Waals surface area contributed by atoms with Gasteiger partial charge in [-0.15, -0.1) is 0 Å². The van der Waals surface area contributed by atoms with Crippen LogP contribution in [0.15, 0.2) is 0 Å². The molecular weight excluding hydrogens is 385 g/mol. The molecule has 0 spiro atoms. The van der Waals surface area contributed by atoms with Gasteiger partial charge in [-0.3, -0.25) is 4.79 Å². The molecule has 3 rings (SSSR count). The lowest BCUT2D eigenvalue weighted by atomic mass is 9.78. The van der Waals surface area contributed by atoms with Gasteiger partial charge in [-0.2, -0.15) is 18.3 Å². The molecule has 0 saturated heterocycles. The molecule has 2 fully saturated rings. The summed E-state index contributed by atoms with van der Waals surface area (Å²) >= 11 is 0. The Labute approximate surface area is 159 Å². The standard InChI is InChI=1S/C18H24F5N3O2/c1-10-13(11-6-17(19,20)7-11)25-26(9-15(2,3)28)14(10)24-12(27)8-16(4-5-16)18(21,22)23/h11,28H,4-9H2,1-3H3,(H,24,27). The van der Waals surface area contributed by atoms with Gasteiger partial charge < -0.3 is 10.4 Å². The molecule has 28 heavy (non-hydrogen) atoms. The number of amides is 1. The Morgan fingerprint density at radius 2 is 1.86 bits per heavy atom. The summed E-state index contributed by atoms with van der Waals surface area (Å²) in [6.07, 6.45) is -6.05. The highest BCUT2D eigenvalue weighted by Gasteiger charge is 2.63. The summed E-state index contributed by atoms with van der Waals surface area (Å²) in [5, 5.41) is 16.8. The van der Waals surface area contributed by atoms with Gasteiger partial charge in [0.15, 0.2) is 0 Å². The van der Waals surface area contributed by atoms with E-state index in [0.29, 0.717) is 11.3 Å². The topological polar surface area (TPSA) is 67.2 Å². The second-order valence-corrected chi connectivity index (χ2v) is 8.79. The molecule has 5 nitrogen and oxygen atoms in total. The maximum atomic E-state index is 13.2. The van der Waals surface area contributed by atoms with Crippen molar-refractivity contribution in [2.45, 2.75) is 83.0 Å². The summed E-state index contributed by atoms with van der Waals surface area (Å²) < 4.78 is 67.1. The number of rotatable bonds is 6. The second kappa shape index (κ2) is 6.40. The van der Waals surface area contributed by atoms with E-state index in [1.165, 1.54) is 18.5 Å². The van der Waals surface area contributed by atoms with Gasteiger partial charge >= 0.3 is 6.18 Å². The molecule has 1 aromatic rings. The van der Waals surface area contributed by atoms with Crippen molar-refractivity contribution in [1.29, 1.82) is 0 Å². The third-order valence-corrected chi connectivity index (χ3v) is 5.45. The molecule has 2 N–H and O–H groups in total. The third kappa shape index (κ3) is 4.16. The smallest absolute Gasteiger partial charge is 0.389 e. The molecule has 0 aliphatic heterocycles. The molecule has 0 atom stereocenters. The number of nitrogens with one attached hydrogen (secondary N) is 1. The van der Waals surface area contributed by atoms with Crippen LogP contribution in [0.1, 0.15) is 63.1 Å². The van der Waals surface area contributed by atoms with Crippen molar-refractivity contribution in [2.75, 3.05) is 5.32 Å². The second-order valence-electron chi connectivity index (χ2n) is 8.79. The Hall–Kier alpha value is -1.71. The SMILES string of the molecule is Cc1c(C2CC(F)(F)C2)nn(CC(C)(C)O)c1NC(=O)CC1(C(F)(F)F)CC1. The van der Waals surface area contributed by atoms with E-state index in [9.17, 15) is 31.9 Å². The van der Waals surface area contributed by atoms with Gasteiger partial charge in [0.2, 0.25) is 11.8 Å². The first-order valence-electron chi connectivity index (χ1n) is 9.17. The van der Waals surface area contributed by atoms with Crippen LogP contribution in [0.2, 0.25) is 0 Å². The van der Waals surface area contributed by atoms with Crippen molar-refractivity contribution in [2.24, 2.45) is 5.41 Å². The number of anilines is 1. The molecule has 2 saturated carbocycles. The number of hydrogen-bond acceptors (Lipinski definition) is 3. The van der Waals surface area contributed by atoms with Crippen LogP contribution in [-0.2, 0) is 11.3 Å². The predicted octanol–water partition coefficient (Wildman–Crippen LogP) is 4.15. The highest BCUT2D eigenvalue weighted by atomic mass is 19.4. The van der Waals surface area contributed by atoms with E-state index in [2.05, 4.69) is 10.4 Å². The van der Waals surface area contributed by atoms with E-state index in [1.807, 2.05) is 0 Å². The monoisotopic (exact) mass is 409 g/mol. The van der Waals surface area contributed by atoms with Crippen LogP contribution in [0.4, 0.5) is 27.8 Å². The largest absolute Gasteiger partial charge is 0.395 e. The molecule has 10 heteroatoms. The first-order valence-corrected chi connectivity index (χ1v) is 9.17. The van der Waals surface area contributed by atoms with Crippen molar-refractivity contribution in [3.05, 3.63) is 11.3 Å².